The summed E-state index contributed by atoms with van der Waals surface area (Å²) in [6.45, 7) is 1.85. The monoisotopic (exact) mass is 380 g/mol. The first kappa shape index (κ1) is 17.4. The molecule has 1 atom stereocenters. The van der Waals surface area contributed by atoms with Crippen LogP contribution in [0.3, 0.4) is 0 Å². The summed E-state index contributed by atoms with van der Waals surface area (Å²) < 4.78 is 1.37. The summed E-state index contributed by atoms with van der Waals surface area (Å²) in [6, 6.07) is 4.77. The van der Waals surface area contributed by atoms with Crippen LogP contribution in [-0.2, 0) is 0 Å². The van der Waals surface area contributed by atoms with Crippen molar-refractivity contribution in [1.82, 2.24) is 9.55 Å². The van der Waals surface area contributed by atoms with E-state index in [1.54, 1.807) is 18.2 Å². The van der Waals surface area contributed by atoms with Gasteiger partial charge in [0.2, 0.25) is 0 Å². The zero-order valence-corrected chi connectivity index (χ0v) is 14.7. The van der Waals surface area contributed by atoms with Gasteiger partial charge in [-0.2, -0.15) is 5.10 Å². The predicted molar refractivity (Wildman–Crippen MR) is 96.0 cm³/mol. The molecule has 0 aliphatic carbocycles. The van der Waals surface area contributed by atoms with Gasteiger partial charge in [0.1, 0.15) is 11.3 Å². The van der Waals surface area contributed by atoms with Crippen molar-refractivity contribution in [2.45, 2.75) is 25.8 Å². The summed E-state index contributed by atoms with van der Waals surface area (Å²) >= 11 is 11.9. The highest BCUT2D eigenvalue weighted by molar-refractivity contribution is 6.35. The predicted octanol–water partition coefficient (Wildman–Crippen LogP) is 3.42. The average Bonchev–Trinajstić information content (AvgIpc) is 2.53. The van der Waals surface area contributed by atoms with Crippen LogP contribution in [0, 0.1) is 0 Å². The van der Waals surface area contributed by atoms with E-state index in [-0.39, 0.29) is 11.6 Å². The number of anilines is 1. The maximum absolute atomic E-state index is 12.4. The second-order valence-corrected chi connectivity index (χ2v) is 6.56. The molecular formula is C16H14Cl2N4O3. The Kier molecular flexibility index (Phi) is 4.78. The molecule has 0 saturated carbocycles. The molecule has 0 amide bonds. The van der Waals surface area contributed by atoms with Gasteiger partial charge in [-0.05, 0) is 38.0 Å². The number of fused-ring (bicyclic) bond motifs is 1. The molecule has 0 bridgehead atoms. The Balaban J connectivity index is 2.00. The Morgan fingerprint density at radius 3 is 2.68 bits per heavy atom. The van der Waals surface area contributed by atoms with Crippen LogP contribution in [0.15, 0.2) is 34.3 Å². The summed E-state index contributed by atoms with van der Waals surface area (Å²) in [4.78, 5) is 27.7. The topological polar surface area (TPSA) is 96.6 Å². The standard InChI is InChI=1S/C16H14Cl2N4O3/c1-8-2-3-13(21-20-11-5-9(17)4-10(18)6-11)14-19-7-12(16(24)25)15(23)22(8)14/h4-8,20H,2-3H2,1H3,(H,24,25). The highest BCUT2D eigenvalue weighted by Gasteiger charge is 2.26. The third kappa shape index (κ3) is 3.52. The Morgan fingerprint density at radius 2 is 2.04 bits per heavy atom. The van der Waals surface area contributed by atoms with Crippen LogP contribution < -0.4 is 11.0 Å². The number of aromatic nitrogens is 2. The normalized spacial score (nSPS) is 18.0. The lowest BCUT2D eigenvalue weighted by molar-refractivity contribution is 0.0693. The van der Waals surface area contributed by atoms with Crippen molar-refractivity contribution in [2.75, 3.05) is 5.43 Å². The summed E-state index contributed by atoms with van der Waals surface area (Å²) in [7, 11) is 0. The lowest BCUT2D eigenvalue weighted by Gasteiger charge is -2.25. The fourth-order valence-electron chi connectivity index (χ4n) is 2.68. The number of hydrogen-bond donors (Lipinski definition) is 2. The molecule has 2 N–H and O–H groups in total. The molecule has 2 heterocycles. The van der Waals surface area contributed by atoms with Gasteiger partial charge < -0.3 is 5.11 Å². The number of hydrogen-bond acceptors (Lipinski definition) is 5. The maximum Gasteiger partial charge on any atom is 0.342 e. The molecule has 1 aromatic carbocycles. The number of nitrogens with one attached hydrogen (secondary N) is 1. The molecule has 0 radical (unpaired) electrons. The van der Waals surface area contributed by atoms with E-state index in [0.29, 0.717) is 40.1 Å². The molecule has 0 fully saturated rings. The highest BCUT2D eigenvalue weighted by Crippen LogP contribution is 2.24. The number of aromatic carboxylic acids is 1. The van der Waals surface area contributed by atoms with Crippen molar-refractivity contribution in [1.29, 1.82) is 0 Å². The molecule has 9 heteroatoms. The fraction of sp³-hybridized carbons (Fsp3) is 0.250. The minimum Gasteiger partial charge on any atom is -0.477 e. The van der Waals surface area contributed by atoms with Gasteiger partial charge in [0.15, 0.2) is 5.82 Å². The number of carboxylic acids is 1. The summed E-state index contributed by atoms with van der Waals surface area (Å²) in [6.07, 6.45) is 2.32. The smallest absolute Gasteiger partial charge is 0.342 e. The molecule has 25 heavy (non-hydrogen) atoms. The van der Waals surface area contributed by atoms with Crippen LogP contribution in [0.1, 0.15) is 42.0 Å². The van der Waals surface area contributed by atoms with E-state index in [1.807, 2.05) is 6.92 Å². The van der Waals surface area contributed by atoms with Crippen LogP contribution in [0.5, 0.6) is 0 Å². The Hall–Kier alpha value is -2.38. The van der Waals surface area contributed by atoms with Crippen molar-refractivity contribution in [2.24, 2.45) is 5.10 Å². The van der Waals surface area contributed by atoms with E-state index < -0.39 is 11.5 Å². The first-order valence-corrected chi connectivity index (χ1v) is 8.26. The quantitative estimate of drug-likeness (QED) is 0.795. The fourth-order valence-corrected chi connectivity index (χ4v) is 3.21. The van der Waals surface area contributed by atoms with Crippen molar-refractivity contribution in [3.63, 3.8) is 0 Å². The van der Waals surface area contributed by atoms with Crippen molar-refractivity contribution >= 4 is 40.6 Å². The second kappa shape index (κ2) is 6.85. The highest BCUT2D eigenvalue weighted by atomic mass is 35.5. The van der Waals surface area contributed by atoms with Crippen LogP contribution in [0.4, 0.5) is 5.69 Å². The van der Waals surface area contributed by atoms with E-state index in [0.717, 1.165) is 6.20 Å². The maximum atomic E-state index is 12.4. The minimum absolute atomic E-state index is 0.158. The second-order valence-electron chi connectivity index (χ2n) is 5.69. The molecule has 0 spiro atoms. The van der Waals surface area contributed by atoms with Gasteiger partial charge in [0.05, 0.1) is 5.69 Å². The Labute approximate surface area is 152 Å². The van der Waals surface area contributed by atoms with Gasteiger partial charge in [-0.1, -0.05) is 23.2 Å². The zero-order valence-electron chi connectivity index (χ0n) is 13.2. The minimum atomic E-state index is -1.30. The largest absolute Gasteiger partial charge is 0.477 e. The van der Waals surface area contributed by atoms with Crippen LogP contribution >= 0.6 is 23.2 Å². The van der Waals surface area contributed by atoms with Crippen LogP contribution in [0.2, 0.25) is 10.0 Å². The number of rotatable bonds is 3. The molecule has 1 unspecified atom stereocenters. The third-order valence-corrected chi connectivity index (χ3v) is 4.34. The molecule has 0 saturated heterocycles. The van der Waals surface area contributed by atoms with Crippen LogP contribution in [0.25, 0.3) is 0 Å². The number of halogens is 2. The van der Waals surface area contributed by atoms with Crippen molar-refractivity contribution in [3.8, 4) is 0 Å². The Morgan fingerprint density at radius 1 is 1.36 bits per heavy atom. The van der Waals surface area contributed by atoms with Crippen molar-refractivity contribution < 1.29 is 9.90 Å². The van der Waals surface area contributed by atoms with E-state index in [1.165, 1.54) is 4.57 Å². The van der Waals surface area contributed by atoms with E-state index in [2.05, 4.69) is 15.5 Å². The first-order chi connectivity index (χ1) is 11.9. The van der Waals surface area contributed by atoms with Gasteiger partial charge in [0, 0.05) is 22.3 Å². The SMILES string of the molecule is CC1CCC(=NNc2cc(Cl)cc(Cl)c2)c2ncc(C(=O)O)c(=O)n21. The molecule has 1 aliphatic rings. The molecule has 7 nitrogen and oxygen atoms in total. The molecule has 3 rings (SSSR count). The van der Waals surface area contributed by atoms with Crippen LogP contribution in [-0.4, -0.2) is 26.3 Å². The van der Waals surface area contributed by atoms with Gasteiger partial charge >= 0.3 is 5.97 Å². The lowest BCUT2D eigenvalue weighted by atomic mass is 10.0. The lowest BCUT2D eigenvalue weighted by Crippen LogP contribution is -2.37. The third-order valence-electron chi connectivity index (χ3n) is 3.90. The Bertz CT molecular complexity index is 919. The van der Waals surface area contributed by atoms with E-state index in [9.17, 15) is 9.59 Å². The number of nitrogens with zero attached hydrogens (tertiary/aromatic N) is 3. The van der Waals surface area contributed by atoms with Crippen molar-refractivity contribution in [3.05, 3.63) is 56.2 Å². The summed E-state index contributed by atoms with van der Waals surface area (Å²) in [5.74, 6) is -0.940. The average molecular weight is 381 g/mol. The summed E-state index contributed by atoms with van der Waals surface area (Å²) in [5, 5.41) is 14.3. The van der Waals surface area contributed by atoms with E-state index in [4.69, 9.17) is 28.3 Å². The van der Waals surface area contributed by atoms with E-state index >= 15 is 0 Å². The number of hydrazone groups is 1. The molecule has 2 aromatic rings. The van der Waals surface area contributed by atoms with Gasteiger partial charge in [-0.3, -0.25) is 14.8 Å². The van der Waals surface area contributed by atoms with Gasteiger partial charge in [-0.15, -0.1) is 0 Å². The molecule has 1 aliphatic heterocycles. The number of carbonyl (C=O) groups is 1. The first-order valence-electron chi connectivity index (χ1n) is 7.50. The molecular weight excluding hydrogens is 367 g/mol. The van der Waals surface area contributed by atoms with Gasteiger partial charge in [0.25, 0.3) is 5.56 Å². The number of carboxylic acid groups (broad SMARTS) is 1. The number of benzene rings is 1. The molecule has 130 valence electrons. The zero-order chi connectivity index (χ0) is 18.1. The van der Waals surface area contributed by atoms with Gasteiger partial charge in [-0.25, -0.2) is 9.78 Å². The summed E-state index contributed by atoms with van der Waals surface area (Å²) in [5.41, 5.74) is 3.08. The molecule has 1 aromatic heterocycles.